The van der Waals surface area contributed by atoms with Crippen LogP contribution in [-0.2, 0) is 4.79 Å². The van der Waals surface area contributed by atoms with Crippen LogP contribution in [0.4, 0.5) is 0 Å². The fourth-order valence-electron chi connectivity index (χ4n) is 8.10. The van der Waals surface area contributed by atoms with Gasteiger partial charge in [-0.1, -0.05) is 256 Å². The molecule has 1 amide bonds. The van der Waals surface area contributed by atoms with Crippen molar-refractivity contribution in [1.29, 1.82) is 0 Å². The highest BCUT2D eigenvalue weighted by atomic mass is 16.3. The Hall–Kier alpha value is -1.21. The first-order chi connectivity index (χ1) is 28.5. The molecule has 0 aliphatic rings. The first-order valence-electron chi connectivity index (χ1n) is 25.7. The summed E-state index contributed by atoms with van der Waals surface area (Å²) in [6, 6.07) is -0.986. The van der Waals surface area contributed by atoms with Gasteiger partial charge in [-0.3, -0.25) is 4.79 Å². The third-order valence-corrected chi connectivity index (χ3v) is 12.2. The van der Waals surface area contributed by atoms with Crippen molar-refractivity contribution in [1.82, 2.24) is 5.32 Å². The van der Waals surface area contributed by atoms with Crippen molar-refractivity contribution in [2.24, 2.45) is 0 Å². The molecule has 344 valence electrons. The number of rotatable bonds is 47. The summed E-state index contributed by atoms with van der Waals surface area (Å²) in [5, 5.41) is 43.9. The lowest BCUT2D eigenvalue weighted by molar-refractivity contribution is -0.132. The highest BCUT2D eigenvalue weighted by Crippen LogP contribution is 2.18. The number of aliphatic hydroxyl groups excluding tert-OH is 4. The lowest BCUT2D eigenvalue weighted by Crippen LogP contribution is -2.53. The Morgan fingerprint density at radius 3 is 1.09 bits per heavy atom. The second-order valence-corrected chi connectivity index (χ2v) is 17.9. The van der Waals surface area contributed by atoms with Crippen LogP contribution >= 0.6 is 0 Å². The Morgan fingerprint density at radius 1 is 0.431 bits per heavy atom. The molecule has 0 spiro atoms. The lowest BCUT2D eigenvalue weighted by Gasteiger charge is -2.27. The number of allylic oxidation sites excluding steroid dienone is 4. The molecule has 0 heterocycles. The molecule has 0 fully saturated rings. The van der Waals surface area contributed by atoms with Crippen LogP contribution in [0.15, 0.2) is 24.3 Å². The molecule has 0 saturated heterocycles. The molecular weight excluding hydrogens is 719 g/mol. The minimum absolute atomic E-state index is 0.365. The van der Waals surface area contributed by atoms with Crippen LogP contribution in [0, 0.1) is 0 Å². The minimum Gasteiger partial charge on any atom is -0.394 e. The molecule has 5 N–H and O–H groups in total. The fraction of sp³-hybridized carbons (Fsp3) is 0.904. The van der Waals surface area contributed by atoms with Gasteiger partial charge in [-0.2, -0.15) is 0 Å². The van der Waals surface area contributed by atoms with Gasteiger partial charge in [-0.05, 0) is 38.5 Å². The van der Waals surface area contributed by atoms with E-state index in [2.05, 4.69) is 43.5 Å². The molecule has 58 heavy (non-hydrogen) atoms. The Labute approximate surface area is 361 Å². The normalized spacial score (nSPS) is 14.1. The maximum atomic E-state index is 12.6. The predicted molar refractivity (Wildman–Crippen MR) is 251 cm³/mol. The van der Waals surface area contributed by atoms with E-state index in [4.69, 9.17) is 0 Å². The summed E-state index contributed by atoms with van der Waals surface area (Å²) in [5.74, 6) is -0.585. The summed E-state index contributed by atoms with van der Waals surface area (Å²) in [5.41, 5.74) is 0. The number of nitrogens with one attached hydrogen (secondary N) is 1. The summed E-state index contributed by atoms with van der Waals surface area (Å²) >= 11 is 0. The molecule has 6 heteroatoms. The van der Waals surface area contributed by atoms with Crippen molar-refractivity contribution in [2.75, 3.05) is 6.61 Å². The van der Waals surface area contributed by atoms with E-state index in [0.717, 1.165) is 44.9 Å². The third kappa shape index (κ3) is 40.2. The number of hydrogen-bond donors (Lipinski definition) is 5. The van der Waals surface area contributed by atoms with Crippen molar-refractivity contribution < 1.29 is 25.2 Å². The Morgan fingerprint density at radius 2 is 0.724 bits per heavy atom. The Bertz CT molecular complexity index is 878. The van der Waals surface area contributed by atoms with Crippen LogP contribution in [-0.4, -0.2) is 57.3 Å². The molecule has 0 aliphatic heterocycles. The van der Waals surface area contributed by atoms with Gasteiger partial charge in [0.2, 0.25) is 5.91 Å². The zero-order valence-electron chi connectivity index (χ0n) is 38.8. The highest BCUT2D eigenvalue weighted by Gasteiger charge is 2.28. The van der Waals surface area contributed by atoms with Crippen molar-refractivity contribution in [2.45, 2.75) is 295 Å². The van der Waals surface area contributed by atoms with E-state index in [9.17, 15) is 25.2 Å². The quantitative estimate of drug-likeness (QED) is 0.0310. The number of carbonyl (C=O) groups excluding carboxylic acids is 1. The van der Waals surface area contributed by atoms with Gasteiger partial charge in [-0.15, -0.1) is 0 Å². The van der Waals surface area contributed by atoms with Gasteiger partial charge in [-0.25, -0.2) is 0 Å². The van der Waals surface area contributed by atoms with Crippen molar-refractivity contribution >= 4 is 5.91 Å². The number of hydrogen-bond acceptors (Lipinski definition) is 5. The van der Waals surface area contributed by atoms with E-state index in [1.165, 1.54) is 199 Å². The molecule has 4 atom stereocenters. The van der Waals surface area contributed by atoms with Crippen molar-refractivity contribution in [3.63, 3.8) is 0 Å². The summed E-state index contributed by atoms with van der Waals surface area (Å²) < 4.78 is 0. The molecule has 0 saturated carbocycles. The zero-order chi connectivity index (χ0) is 42.4. The molecule has 6 nitrogen and oxygen atoms in total. The molecule has 0 bridgehead atoms. The minimum atomic E-state index is -1.26. The fourth-order valence-corrected chi connectivity index (χ4v) is 8.10. The maximum absolute atomic E-state index is 12.6. The van der Waals surface area contributed by atoms with Gasteiger partial charge >= 0.3 is 0 Å². The maximum Gasteiger partial charge on any atom is 0.249 e. The van der Waals surface area contributed by atoms with E-state index in [-0.39, 0.29) is 0 Å². The van der Waals surface area contributed by atoms with Gasteiger partial charge in [0.25, 0.3) is 0 Å². The topological polar surface area (TPSA) is 110 Å². The monoisotopic (exact) mass is 820 g/mol. The average molecular weight is 820 g/mol. The highest BCUT2D eigenvalue weighted by molar-refractivity contribution is 5.80. The van der Waals surface area contributed by atoms with Crippen LogP contribution in [0.1, 0.15) is 271 Å². The molecule has 0 aromatic heterocycles. The van der Waals surface area contributed by atoms with Gasteiger partial charge in [0, 0.05) is 0 Å². The smallest absolute Gasteiger partial charge is 0.249 e. The SMILES string of the molecule is CCCCC/C=C\C=C/CCCCCCCCCCCC(O)C(=O)NC(CO)C(O)C(O)CCCCCCCCCCCCCCCCCCCCCCCCCC. The number of aliphatic hydroxyl groups is 4. The molecule has 4 unspecified atom stereocenters. The second-order valence-electron chi connectivity index (χ2n) is 17.9. The zero-order valence-corrected chi connectivity index (χ0v) is 38.8. The molecule has 0 aromatic rings. The van der Waals surface area contributed by atoms with E-state index in [1.807, 2.05) is 0 Å². The van der Waals surface area contributed by atoms with Crippen LogP contribution in [0.2, 0.25) is 0 Å². The lowest BCUT2D eigenvalue weighted by atomic mass is 9.99. The first-order valence-corrected chi connectivity index (χ1v) is 25.7. The van der Waals surface area contributed by atoms with Crippen LogP contribution in [0.5, 0.6) is 0 Å². The van der Waals surface area contributed by atoms with Gasteiger partial charge < -0.3 is 25.7 Å². The van der Waals surface area contributed by atoms with Gasteiger partial charge in [0.15, 0.2) is 0 Å². The third-order valence-electron chi connectivity index (χ3n) is 12.2. The van der Waals surface area contributed by atoms with Crippen molar-refractivity contribution in [3.05, 3.63) is 24.3 Å². The average Bonchev–Trinajstić information content (AvgIpc) is 3.23. The van der Waals surface area contributed by atoms with E-state index < -0.39 is 36.9 Å². The standard InChI is InChI=1S/C52H101NO5/c1-3-5-7-9-11-13-15-17-19-21-23-24-25-26-27-28-30-31-33-35-37-39-41-43-45-49(55)51(57)48(47-54)53-52(58)50(56)46-44-42-40-38-36-34-32-29-22-20-18-16-14-12-10-8-6-4-2/h12,14,16,18,48-51,54-57H,3-11,13,15,17,19-47H2,1-2H3,(H,53,58)/b14-12-,18-16-. The molecular formula is C52H101NO5. The van der Waals surface area contributed by atoms with Crippen LogP contribution in [0.3, 0.4) is 0 Å². The summed E-state index contributed by atoms with van der Waals surface area (Å²) in [4.78, 5) is 12.6. The van der Waals surface area contributed by atoms with Gasteiger partial charge in [0.05, 0.1) is 18.8 Å². The Balaban J connectivity index is 3.65. The van der Waals surface area contributed by atoms with Crippen molar-refractivity contribution in [3.8, 4) is 0 Å². The largest absolute Gasteiger partial charge is 0.394 e. The number of unbranched alkanes of at least 4 members (excludes halogenated alkanes) is 35. The van der Waals surface area contributed by atoms with E-state index >= 15 is 0 Å². The predicted octanol–water partition coefficient (Wildman–Crippen LogP) is 14.3. The molecule has 0 rings (SSSR count). The second kappa shape index (κ2) is 46.8. The van der Waals surface area contributed by atoms with Crippen LogP contribution < -0.4 is 5.32 Å². The summed E-state index contributed by atoms with van der Waals surface area (Å²) in [6.07, 6.45) is 55.1. The van der Waals surface area contributed by atoms with Gasteiger partial charge in [0.1, 0.15) is 12.2 Å². The number of amides is 1. The molecule has 0 radical (unpaired) electrons. The Kier molecular flexibility index (Phi) is 45.9. The van der Waals surface area contributed by atoms with Crippen LogP contribution in [0.25, 0.3) is 0 Å². The molecule has 0 aliphatic carbocycles. The summed E-state index contributed by atoms with van der Waals surface area (Å²) in [7, 11) is 0. The number of carbonyl (C=O) groups is 1. The first kappa shape index (κ1) is 56.8. The molecule has 0 aromatic carbocycles. The van der Waals surface area contributed by atoms with E-state index in [1.54, 1.807) is 0 Å². The van der Waals surface area contributed by atoms with E-state index in [0.29, 0.717) is 12.8 Å². The summed E-state index contributed by atoms with van der Waals surface area (Å²) in [6.45, 7) is 4.05.